The lowest BCUT2D eigenvalue weighted by Gasteiger charge is -2.08. The third-order valence-electron chi connectivity index (χ3n) is 3.05. The molecule has 0 unspecified atom stereocenters. The van der Waals surface area contributed by atoms with Gasteiger partial charge < -0.3 is 0 Å². The van der Waals surface area contributed by atoms with E-state index in [2.05, 4.69) is 12.1 Å². The maximum absolute atomic E-state index is 6.28. The summed E-state index contributed by atoms with van der Waals surface area (Å²) in [7, 11) is 0. The minimum Gasteiger partial charge on any atom is -0.0843 e. The lowest BCUT2D eigenvalue weighted by molar-refractivity contribution is 1.31. The number of halogens is 2. The average Bonchev–Trinajstić information content (AvgIpc) is 2.75. The molecule has 17 heavy (non-hydrogen) atoms. The predicted molar refractivity (Wildman–Crippen MR) is 73.7 cm³/mol. The van der Waals surface area contributed by atoms with Crippen LogP contribution in [0.4, 0.5) is 0 Å². The van der Waals surface area contributed by atoms with E-state index in [1.54, 1.807) is 0 Å². The van der Waals surface area contributed by atoms with Crippen LogP contribution in [0.25, 0.3) is 5.57 Å². The second kappa shape index (κ2) is 4.21. The zero-order chi connectivity index (χ0) is 11.8. The standard InChI is InChI=1S/C15H10Cl2/c16-12-7-4-10(5-8-12)13-9-6-11-2-1-3-14(17)15(11)13/h1-5,7-9H,6H2. The van der Waals surface area contributed by atoms with Crippen molar-refractivity contribution >= 4 is 28.8 Å². The van der Waals surface area contributed by atoms with Gasteiger partial charge in [0.05, 0.1) is 0 Å². The third kappa shape index (κ3) is 1.88. The molecular formula is C15H10Cl2. The highest BCUT2D eigenvalue weighted by atomic mass is 35.5. The number of benzene rings is 2. The van der Waals surface area contributed by atoms with Crippen molar-refractivity contribution in [3.05, 3.63) is 75.3 Å². The van der Waals surface area contributed by atoms with Gasteiger partial charge in [-0.2, -0.15) is 0 Å². The summed E-state index contributed by atoms with van der Waals surface area (Å²) in [6.07, 6.45) is 3.17. The highest BCUT2D eigenvalue weighted by Crippen LogP contribution is 2.37. The van der Waals surface area contributed by atoms with Gasteiger partial charge in [-0.05, 0) is 41.3 Å². The zero-order valence-electron chi connectivity index (χ0n) is 9.08. The summed E-state index contributed by atoms with van der Waals surface area (Å²) in [6.45, 7) is 0. The molecular weight excluding hydrogens is 251 g/mol. The first-order valence-electron chi connectivity index (χ1n) is 5.49. The molecule has 0 saturated carbocycles. The highest BCUT2D eigenvalue weighted by Gasteiger charge is 2.17. The Balaban J connectivity index is 2.12. The van der Waals surface area contributed by atoms with Gasteiger partial charge in [0.15, 0.2) is 0 Å². The van der Waals surface area contributed by atoms with Gasteiger partial charge in [0.1, 0.15) is 0 Å². The number of hydrogen-bond donors (Lipinski definition) is 0. The van der Waals surface area contributed by atoms with Crippen molar-refractivity contribution in [2.24, 2.45) is 0 Å². The lowest BCUT2D eigenvalue weighted by atomic mass is 9.99. The maximum Gasteiger partial charge on any atom is 0.0487 e. The molecule has 2 aromatic carbocycles. The molecule has 0 saturated heterocycles. The molecule has 0 amide bonds. The van der Waals surface area contributed by atoms with Crippen LogP contribution < -0.4 is 0 Å². The van der Waals surface area contributed by atoms with Crippen molar-refractivity contribution in [2.45, 2.75) is 6.42 Å². The van der Waals surface area contributed by atoms with Crippen LogP contribution in [-0.4, -0.2) is 0 Å². The summed E-state index contributed by atoms with van der Waals surface area (Å²) in [5.41, 5.74) is 4.84. The Hall–Kier alpha value is -1.24. The quantitative estimate of drug-likeness (QED) is 0.679. The van der Waals surface area contributed by atoms with Gasteiger partial charge in [0, 0.05) is 15.6 Å². The van der Waals surface area contributed by atoms with Crippen molar-refractivity contribution in [2.75, 3.05) is 0 Å². The second-order valence-electron chi connectivity index (χ2n) is 4.10. The Kier molecular flexibility index (Phi) is 2.70. The van der Waals surface area contributed by atoms with Crippen LogP contribution in [0.2, 0.25) is 10.0 Å². The van der Waals surface area contributed by atoms with Gasteiger partial charge in [-0.25, -0.2) is 0 Å². The van der Waals surface area contributed by atoms with Crippen LogP contribution in [0.1, 0.15) is 16.7 Å². The molecule has 0 nitrogen and oxygen atoms in total. The first kappa shape index (κ1) is 10.9. The molecule has 0 heterocycles. The molecule has 1 aliphatic rings. The summed E-state index contributed by atoms with van der Waals surface area (Å²) in [5, 5.41) is 1.58. The normalized spacial score (nSPS) is 13.4. The van der Waals surface area contributed by atoms with E-state index in [9.17, 15) is 0 Å². The molecule has 2 heteroatoms. The molecule has 0 fully saturated rings. The summed E-state index contributed by atoms with van der Waals surface area (Å²) in [5.74, 6) is 0. The SMILES string of the molecule is Clc1ccc(C2=CCc3cccc(Cl)c32)cc1. The first-order chi connectivity index (χ1) is 8.25. The van der Waals surface area contributed by atoms with Crippen LogP contribution >= 0.6 is 23.2 Å². The number of fused-ring (bicyclic) bond motifs is 1. The molecule has 0 bridgehead atoms. The lowest BCUT2D eigenvalue weighted by Crippen LogP contribution is -1.88. The van der Waals surface area contributed by atoms with Crippen molar-refractivity contribution < 1.29 is 0 Å². The van der Waals surface area contributed by atoms with E-state index >= 15 is 0 Å². The zero-order valence-corrected chi connectivity index (χ0v) is 10.6. The van der Waals surface area contributed by atoms with E-state index in [4.69, 9.17) is 23.2 Å². The monoisotopic (exact) mass is 260 g/mol. The Bertz CT molecular complexity index is 595. The Morgan fingerprint density at radius 1 is 0.882 bits per heavy atom. The largest absolute Gasteiger partial charge is 0.0843 e. The Morgan fingerprint density at radius 3 is 2.41 bits per heavy atom. The van der Waals surface area contributed by atoms with E-state index in [0.29, 0.717) is 0 Å². The van der Waals surface area contributed by atoms with Crippen molar-refractivity contribution in [1.29, 1.82) is 0 Å². The van der Waals surface area contributed by atoms with E-state index < -0.39 is 0 Å². The Morgan fingerprint density at radius 2 is 1.65 bits per heavy atom. The van der Waals surface area contributed by atoms with Crippen LogP contribution in [0.15, 0.2) is 48.5 Å². The van der Waals surface area contributed by atoms with E-state index in [1.807, 2.05) is 36.4 Å². The summed E-state index contributed by atoms with van der Waals surface area (Å²) in [4.78, 5) is 0. The van der Waals surface area contributed by atoms with Gasteiger partial charge in [-0.1, -0.05) is 53.5 Å². The molecule has 0 aromatic heterocycles. The summed E-state index contributed by atoms with van der Waals surface area (Å²) >= 11 is 12.2. The molecule has 0 aliphatic heterocycles. The molecule has 0 radical (unpaired) electrons. The van der Waals surface area contributed by atoms with Gasteiger partial charge in [0.25, 0.3) is 0 Å². The molecule has 84 valence electrons. The molecule has 0 spiro atoms. The first-order valence-corrected chi connectivity index (χ1v) is 6.25. The smallest absolute Gasteiger partial charge is 0.0487 e. The van der Waals surface area contributed by atoms with Crippen LogP contribution in [-0.2, 0) is 6.42 Å². The minimum atomic E-state index is 0.756. The second-order valence-corrected chi connectivity index (χ2v) is 4.95. The fourth-order valence-corrected chi connectivity index (χ4v) is 2.67. The number of rotatable bonds is 1. The fourth-order valence-electron chi connectivity index (χ4n) is 2.25. The topological polar surface area (TPSA) is 0 Å². The predicted octanol–water partition coefficient (Wildman–Crippen LogP) is 4.98. The van der Waals surface area contributed by atoms with Crippen LogP contribution in [0.3, 0.4) is 0 Å². The van der Waals surface area contributed by atoms with E-state index in [-0.39, 0.29) is 0 Å². The molecule has 3 rings (SSSR count). The number of hydrogen-bond acceptors (Lipinski definition) is 0. The molecule has 0 N–H and O–H groups in total. The Labute approximate surface area is 110 Å². The third-order valence-corrected chi connectivity index (χ3v) is 3.62. The fraction of sp³-hybridized carbons (Fsp3) is 0.0667. The highest BCUT2D eigenvalue weighted by molar-refractivity contribution is 6.33. The summed E-state index contributed by atoms with van der Waals surface area (Å²) in [6, 6.07) is 14.0. The van der Waals surface area contributed by atoms with Crippen molar-refractivity contribution in [3.63, 3.8) is 0 Å². The average molecular weight is 261 g/mol. The van der Waals surface area contributed by atoms with Gasteiger partial charge in [-0.15, -0.1) is 0 Å². The molecule has 1 aliphatic carbocycles. The van der Waals surface area contributed by atoms with E-state index in [0.717, 1.165) is 22.0 Å². The van der Waals surface area contributed by atoms with Crippen LogP contribution in [0.5, 0.6) is 0 Å². The van der Waals surface area contributed by atoms with Crippen molar-refractivity contribution in [3.8, 4) is 0 Å². The van der Waals surface area contributed by atoms with Gasteiger partial charge >= 0.3 is 0 Å². The van der Waals surface area contributed by atoms with Gasteiger partial charge in [0.2, 0.25) is 0 Å². The van der Waals surface area contributed by atoms with Gasteiger partial charge in [-0.3, -0.25) is 0 Å². The minimum absolute atomic E-state index is 0.756. The van der Waals surface area contributed by atoms with E-state index in [1.165, 1.54) is 16.7 Å². The molecule has 0 atom stereocenters. The number of allylic oxidation sites excluding steroid dienone is 1. The summed E-state index contributed by atoms with van der Waals surface area (Å²) < 4.78 is 0. The van der Waals surface area contributed by atoms with Crippen LogP contribution in [0, 0.1) is 0 Å². The molecule has 2 aromatic rings. The maximum atomic E-state index is 6.28. The van der Waals surface area contributed by atoms with Crippen molar-refractivity contribution in [1.82, 2.24) is 0 Å².